The Morgan fingerprint density at radius 2 is 2.27 bits per heavy atom. The third-order valence-corrected chi connectivity index (χ3v) is 3.21. The molecule has 0 aliphatic heterocycles. The molecule has 11 heavy (non-hydrogen) atoms. The van der Waals surface area contributed by atoms with Gasteiger partial charge in [0, 0.05) is 11.8 Å². The lowest BCUT2D eigenvalue weighted by Crippen LogP contribution is -2.21. The van der Waals surface area contributed by atoms with Gasteiger partial charge in [-0.3, -0.25) is 4.79 Å². The van der Waals surface area contributed by atoms with Gasteiger partial charge in [-0.25, -0.2) is 0 Å². The summed E-state index contributed by atoms with van der Waals surface area (Å²) in [5.74, 6) is 2.38. The van der Waals surface area contributed by atoms with Crippen molar-refractivity contribution in [1.82, 2.24) is 0 Å². The summed E-state index contributed by atoms with van der Waals surface area (Å²) in [4.78, 5) is 11.6. The predicted octanol–water partition coefficient (Wildman–Crippen LogP) is 2.40. The van der Waals surface area contributed by atoms with Crippen molar-refractivity contribution in [3.63, 3.8) is 0 Å². The van der Waals surface area contributed by atoms with Gasteiger partial charge in [-0.1, -0.05) is 13.3 Å². The lowest BCUT2D eigenvalue weighted by atomic mass is 9.85. The summed E-state index contributed by atoms with van der Waals surface area (Å²) in [5.41, 5.74) is 0. The summed E-state index contributed by atoms with van der Waals surface area (Å²) < 4.78 is 0. The number of rotatable bonds is 2. The van der Waals surface area contributed by atoms with Crippen LogP contribution in [0.1, 0.15) is 39.0 Å². The average Bonchev–Trinajstić information content (AvgIpc) is 2.75. The normalized spacial score (nSPS) is 41.9. The molecule has 0 unspecified atom stereocenters. The van der Waals surface area contributed by atoms with Gasteiger partial charge in [-0.2, -0.15) is 0 Å². The van der Waals surface area contributed by atoms with Crippen molar-refractivity contribution in [2.45, 2.75) is 39.0 Å². The molecule has 0 aromatic carbocycles. The fourth-order valence-electron chi connectivity index (χ4n) is 2.41. The van der Waals surface area contributed by atoms with Crippen molar-refractivity contribution in [3.05, 3.63) is 0 Å². The zero-order valence-electron chi connectivity index (χ0n) is 7.18. The van der Waals surface area contributed by atoms with Crippen LogP contribution in [-0.2, 0) is 4.79 Å². The van der Waals surface area contributed by atoms with Gasteiger partial charge in [-0.05, 0) is 31.6 Å². The van der Waals surface area contributed by atoms with Crippen LogP contribution in [0, 0.1) is 17.8 Å². The smallest absolute Gasteiger partial charge is 0.139 e. The van der Waals surface area contributed by atoms with Crippen LogP contribution in [0.3, 0.4) is 0 Å². The molecular formula is C10H16O. The van der Waals surface area contributed by atoms with Gasteiger partial charge >= 0.3 is 0 Å². The molecule has 0 saturated heterocycles. The number of carbonyl (C=O) groups is 1. The topological polar surface area (TPSA) is 17.1 Å². The Morgan fingerprint density at radius 3 is 3.00 bits per heavy atom. The van der Waals surface area contributed by atoms with Gasteiger partial charge in [-0.15, -0.1) is 0 Å². The molecule has 0 aromatic rings. The second-order valence-electron chi connectivity index (χ2n) is 4.07. The maximum Gasteiger partial charge on any atom is 0.139 e. The molecule has 2 rings (SSSR count). The first-order valence-electron chi connectivity index (χ1n) is 4.86. The maximum absolute atomic E-state index is 11.6. The molecule has 2 fully saturated rings. The molecule has 0 radical (unpaired) electrons. The van der Waals surface area contributed by atoms with Gasteiger partial charge in [0.05, 0.1) is 0 Å². The number of hydrogen-bond donors (Lipinski definition) is 0. The Morgan fingerprint density at radius 1 is 1.45 bits per heavy atom. The lowest BCUT2D eigenvalue weighted by Gasteiger charge is -2.18. The van der Waals surface area contributed by atoms with Crippen LogP contribution in [0.4, 0.5) is 0 Å². The van der Waals surface area contributed by atoms with Gasteiger partial charge in [0.2, 0.25) is 0 Å². The zero-order chi connectivity index (χ0) is 7.84. The van der Waals surface area contributed by atoms with Crippen molar-refractivity contribution in [1.29, 1.82) is 0 Å². The minimum atomic E-state index is 0.448. The summed E-state index contributed by atoms with van der Waals surface area (Å²) in [6.45, 7) is 2.17. The van der Waals surface area contributed by atoms with Crippen LogP contribution in [0.5, 0.6) is 0 Å². The highest BCUT2D eigenvalue weighted by Gasteiger charge is 2.48. The predicted molar refractivity (Wildman–Crippen MR) is 44.2 cm³/mol. The Hall–Kier alpha value is -0.330. The largest absolute Gasteiger partial charge is 0.299 e. The molecule has 1 nitrogen and oxygen atoms in total. The fourth-order valence-corrected chi connectivity index (χ4v) is 2.41. The fraction of sp³-hybridized carbons (Fsp3) is 0.900. The van der Waals surface area contributed by atoms with E-state index in [0.717, 1.165) is 12.3 Å². The molecule has 3 atom stereocenters. The monoisotopic (exact) mass is 152 g/mol. The van der Waals surface area contributed by atoms with E-state index >= 15 is 0 Å². The molecule has 0 bridgehead atoms. The van der Waals surface area contributed by atoms with Crippen LogP contribution in [0.2, 0.25) is 0 Å². The average molecular weight is 152 g/mol. The SMILES string of the molecule is CCC[C@H]1CC[C@@H]2C[C@@H]2C1=O. The molecule has 62 valence electrons. The third-order valence-electron chi connectivity index (χ3n) is 3.21. The second kappa shape index (κ2) is 2.62. The third kappa shape index (κ3) is 1.21. The number of carbonyl (C=O) groups excluding carboxylic acids is 1. The van der Waals surface area contributed by atoms with E-state index in [2.05, 4.69) is 6.92 Å². The summed E-state index contributed by atoms with van der Waals surface area (Å²) in [6, 6.07) is 0. The van der Waals surface area contributed by atoms with Gasteiger partial charge in [0.25, 0.3) is 0 Å². The lowest BCUT2D eigenvalue weighted by molar-refractivity contribution is -0.126. The van der Waals surface area contributed by atoms with Crippen LogP contribution in [-0.4, -0.2) is 5.78 Å². The number of Topliss-reactive ketones (excluding diaryl/α,β-unsaturated/α-hetero) is 1. The summed E-state index contributed by atoms with van der Waals surface area (Å²) >= 11 is 0. The Labute approximate surface area is 68.2 Å². The molecular weight excluding hydrogens is 136 g/mol. The van der Waals surface area contributed by atoms with Crippen LogP contribution in [0.25, 0.3) is 0 Å². The first kappa shape index (κ1) is 7.33. The Bertz CT molecular complexity index is 174. The van der Waals surface area contributed by atoms with Crippen molar-refractivity contribution >= 4 is 5.78 Å². The van der Waals surface area contributed by atoms with E-state index in [0.29, 0.717) is 17.6 Å². The van der Waals surface area contributed by atoms with Crippen LogP contribution >= 0.6 is 0 Å². The van der Waals surface area contributed by atoms with Crippen molar-refractivity contribution < 1.29 is 4.79 Å². The van der Waals surface area contributed by atoms with E-state index in [1.165, 1.54) is 25.7 Å². The van der Waals surface area contributed by atoms with E-state index in [1.807, 2.05) is 0 Å². The summed E-state index contributed by atoms with van der Waals surface area (Å²) in [5, 5.41) is 0. The summed E-state index contributed by atoms with van der Waals surface area (Å²) in [6.07, 6.45) is 6.06. The van der Waals surface area contributed by atoms with E-state index in [4.69, 9.17) is 0 Å². The molecule has 2 saturated carbocycles. The van der Waals surface area contributed by atoms with Gasteiger partial charge < -0.3 is 0 Å². The molecule has 2 aliphatic rings. The Kier molecular flexibility index (Phi) is 1.74. The second-order valence-corrected chi connectivity index (χ2v) is 4.07. The van der Waals surface area contributed by atoms with E-state index < -0.39 is 0 Å². The molecule has 0 aromatic heterocycles. The minimum Gasteiger partial charge on any atom is -0.299 e. The highest BCUT2D eigenvalue weighted by Crippen LogP contribution is 2.49. The summed E-state index contributed by atoms with van der Waals surface area (Å²) in [7, 11) is 0. The van der Waals surface area contributed by atoms with Crippen LogP contribution < -0.4 is 0 Å². The van der Waals surface area contributed by atoms with Gasteiger partial charge in [0.15, 0.2) is 0 Å². The molecule has 1 heteroatoms. The first-order valence-corrected chi connectivity index (χ1v) is 4.86. The number of ketones is 1. The maximum atomic E-state index is 11.6. The molecule has 0 spiro atoms. The molecule has 0 heterocycles. The van der Waals surface area contributed by atoms with Crippen molar-refractivity contribution in [2.24, 2.45) is 17.8 Å². The quantitative estimate of drug-likeness (QED) is 0.593. The standard InChI is InChI=1S/C10H16O/c1-2-3-7-4-5-8-6-9(8)10(7)11/h7-9H,2-6H2,1H3/t7-,8+,9-/m0/s1. The molecule has 2 aliphatic carbocycles. The first-order chi connectivity index (χ1) is 5.33. The zero-order valence-corrected chi connectivity index (χ0v) is 7.18. The van der Waals surface area contributed by atoms with E-state index in [-0.39, 0.29) is 0 Å². The van der Waals surface area contributed by atoms with E-state index in [9.17, 15) is 4.79 Å². The molecule has 0 amide bonds. The minimum absolute atomic E-state index is 0.448. The van der Waals surface area contributed by atoms with Crippen molar-refractivity contribution in [3.8, 4) is 0 Å². The highest BCUT2D eigenvalue weighted by molar-refractivity contribution is 5.86. The van der Waals surface area contributed by atoms with Crippen LogP contribution in [0.15, 0.2) is 0 Å². The molecule has 0 N–H and O–H groups in total. The van der Waals surface area contributed by atoms with E-state index in [1.54, 1.807) is 0 Å². The van der Waals surface area contributed by atoms with Crippen molar-refractivity contribution in [2.75, 3.05) is 0 Å². The highest BCUT2D eigenvalue weighted by atomic mass is 16.1. The number of fused-ring (bicyclic) bond motifs is 1. The number of hydrogen-bond acceptors (Lipinski definition) is 1. The Balaban J connectivity index is 1.94. The van der Waals surface area contributed by atoms with Gasteiger partial charge in [0.1, 0.15) is 5.78 Å².